The summed E-state index contributed by atoms with van der Waals surface area (Å²) >= 11 is 0. The van der Waals surface area contributed by atoms with Gasteiger partial charge in [-0.25, -0.2) is 9.59 Å². The molecule has 21 heavy (non-hydrogen) atoms. The third-order valence-corrected chi connectivity index (χ3v) is 4.13. The Balaban J connectivity index is 2.45. The van der Waals surface area contributed by atoms with Crippen molar-refractivity contribution >= 4 is 12.0 Å². The first kappa shape index (κ1) is 17.8. The number of nitrogens with one attached hydrogen (secondary N) is 1. The molecule has 1 unspecified atom stereocenters. The lowest BCUT2D eigenvalue weighted by atomic mass is 10.0. The number of hydrogen-bond donors (Lipinski definition) is 2. The quantitative estimate of drug-likeness (QED) is 0.749. The van der Waals surface area contributed by atoms with Crippen molar-refractivity contribution in [3.05, 3.63) is 0 Å². The van der Waals surface area contributed by atoms with E-state index in [1.54, 1.807) is 20.8 Å². The van der Waals surface area contributed by atoms with E-state index in [-0.39, 0.29) is 6.03 Å². The molecule has 6 heteroatoms. The van der Waals surface area contributed by atoms with Crippen LogP contribution in [0.5, 0.6) is 0 Å². The zero-order valence-corrected chi connectivity index (χ0v) is 13.7. The minimum absolute atomic E-state index is 0.307. The molecule has 2 N–H and O–H groups in total. The summed E-state index contributed by atoms with van der Waals surface area (Å²) in [6.45, 7) is 11.2. The van der Waals surface area contributed by atoms with Crippen molar-refractivity contribution in [2.45, 2.75) is 46.1 Å². The Morgan fingerprint density at radius 3 is 2.38 bits per heavy atom. The molecule has 1 aliphatic heterocycles. The molecule has 0 saturated carbocycles. The zero-order chi connectivity index (χ0) is 16.0. The Kier molecular flexibility index (Phi) is 6.45. The van der Waals surface area contributed by atoms with Crippen molar-refractivity contribution in [1.82, 2.24) is 15.1 Å². The SMILES string of the molecule is CCN(C(=O)NCC(C)CN1CCCC1)C(C)(C)C(=O)O. The highest BCUT2D eigenvalue weighted by Crippen LogP contribution is 2.15. The molecule has 1 heterocycles. The second kappa shape index (κ2) is 7.64. The number of carboxylic acids is 1. The van der Waals surface area contributed by atoms with E-state index in [1.807, 2.05) is 0 Å². The van der Waals surface area contributed by atoms with E-state index in [9.17, 15) is 14.7 Å². The van der Waals surface area contributed by atoms with Gasteiger partial charge in [-0.15, -0.1) is 0 Å². The number of rotatable bonds is 7. The van der Waals surface area contributed by atoms with Crippen molar-refractivity contribution in [3.63, 3.8) is 0 Å². The fourth-order valence-electron chi connectivity index (χ4n) is 2.74. The van der Waals surface area contributed by atoms with E-state index in [0.717, 1.165) is 19.6 Å². The molecule has 0 aromatic heterocycles. The van der Waals surface area contributed by atoms with Gasteiger partial charge in [0, 0.05) is 19.6 Å². The molecule has 1 fully saturated rings. The molecule has 0 bridgehead atoms. The van der Waals surface area contributed by atoms with Crippen molar-refractivity contribution in [2.24, 2.45) is 5.92 Å². The number of carbonyl (C=O) groups excluding carboxylic acids is 1. The zero-order valence-electron chi connectivity index (χ0n) is 13.7. The second-order valence-electron chi connectivity index (χ2n) is 6.41. The number of nitrogens with zero attached hydrogens (tertiary/aromatic N) is 2. The molecule has 6 nitrogen and oxygen atoms in total. The van der Waals surface area contributed by atoms with E-state index >= 15 is 0 Å². The van der Waals surface area contributed by atoms with Crippen molar-refractivity contribution in [2.75, 3.05) is 32.7 Å². The first-order chi connectivity index (χ1) is 9.78. The lowest BCUT2D eigenvalue weighted by Crippen LogP contribution is -2.56. The predicted molar refractivity (Wildman–Crippen MR) is 82.3 cm³/mol. The molecule has 0 radical (unpaired) electrons. The number of amides is 2. The van der Waals surface area contributed by atoms with Crippen LogP contribution in [0.1, 0.15) is 40.5 Å². The maximum absolute atomic E-state index is 12.2. The summed E-state index contributed by atoms with van der Waals surface area (Å²) in [6, 6.07) is -0.307. The van der Waals surface area contributed by atoms with E-state index in [0.29, 0.717) is 19.0 Å². The van der Waals surface area contributed by atoms with Crippen molar-refractivity contribution in [3.8, 4) is 0 Å². The molecule has 0 aromatic rings. The van der Waals surface area contributed by atoms with Gasteiger partial charge in [0.1, 0.15) is 5.54 Å². The average molecular weight is 299 g/mol. The molecule has 1 atom stereocenters. The molecular weight excluding hydrogens is 270 g/mol. The van der Waals surface area contributed by atoms with Crippen LogP contribution in [0.3, 0.4) is 0 Å². The first-order valence-corrected chi connectivity index (χ1v) is 7.80. The Bertz CT molecular complexity index is 365. The van der Waals surface area contributed by atoms with Gasteiger partial charge in [0.2, 0.25) is 0 Å². The third-order valence-electron chi connectivity index (χ3n) is 4.13. The Morgan fingerprint density at radius 2 is 1.90 bits per heavy atom. The van der Waals surface area contributed by atoms with Crippen LogP contribution in [0.4, 0.5) is 4.79 Å². The third kappa shape index (κ3) is 4.88. The number of carbonyl (C=O) groups is 2. The van der Waals surface area contributed by atoms with Gasteiger partial charge in [-0.3, -0.25) is 0 Å². The number of aliphatic carboxylic acids is 1. The lowest BCUT2D eigenvalue weighted by molar-refractivity contribution is -0.147. The summed E-state index contributed by atoms with van der Waals surface area (Å²) in [5, 5.41) is 12.1. The topological polar surface area (TPSA) is 72.9 Å². The lowest BCUT2D eigenvalue weighted by Gasteiger charge is -2.34. The first-order valence-electron chi connectivity index (χ1n) is 7.80. The minimum atomic E-state index is -1.20. The predicted octanol–water partition coefficient (Wildman–Crippen LogP) is 1.61. The molecule has 2 amide bonds. The van der Waals surface area contributed by atoms with E-state index in [2.05, 4.69) is 17.1 Å². The van der Waals surface area contributed by atoms with Gasteiger partial charge in [-0.2, -0.15) is 0 Å². The number of hydrogen-bond acceptors (Lipinski definition) is 3. The van der Waals surface area contributed by atoms with Crippen LogP contribution in [0, 0.1) is 5.92 Å². The Hall–Kier alpha value is -1.30. The van der Waals surface area contributed by atoms with Crippen LogP contribution >= 0.6 is 0 Å². The molecule has 1 aliphatic rings. The fourth-order valence-corrected chi connectivity index (χ4v) is 2.74. The smallest absolute Gasteiger partial charge is 0.329 e. The van der Waals surface area contributed by atoms with Gasteiger partial charge in [-0.05, 0) is 52.6 Å². The maximum Gasteiger partial charge on any atom is 0.329 e. The van der Waals surface area contributed by atoms with Gasteiger partial charge in [0.05, 0.1) is 0 Å². The number of likely N-dealkylation sites (tertiary alicyclic amines) is 1. The molecule has 122 valence electrons. The maximum atomic E-state index is 12.2. The van der Waals surface area contributed by atoms with Crippen LogP contribution in [-0.2, 0) is 4.79 Å². The van der Waals surface area contributed by atoms with Gasteiger partial charge in [0.15, 0.2) is 0 Å². The van der Waals surface area contributed by atoms with Crippen LogP contribution in [0.15, 0.2) is 0 Å². The molecule has 1 rings (SSSR count). The molecule has 0 spiro atoms. The van der Waals surface area contributed by atoms with Gasteiger partial charge >= 0.3 is 12.0 Å². The highest BCUT2D eigenvalue weighted by atomic mass is 16.4. The fraction of sp³-hybridized carbons (Fsp3) is 0.867. The van der Waals surface area contributed by atoms with Crippen molar-refractivity contribution in [1.29, 1.82) is 0 Å². The average Bonchev–Trinajstić information content (AvgIpc) is 2.89. The summed E-state index contributed by atoms with van der Waals surface area (Å²) in [7, 11) is 0. The molecule has 1 saturated heterocycles. The van der Waals surface area contributed by atoms with Gasteiger partial charge in [0.25, 0.3) is 0 Å². The largest absolute Gasteiger partial charge is 0.480 e. The van der Waals surface area contributed by atoms with Crippen LogP contribution in [0.2, 0.25) is 0 Å². The van der Waals surface area contributed by atoms with Crippen LogP contribution < -0.4 is 5.32 Å². The molecular formula is C15H29N3O3. The summed E-state index contributed by atoms with van der Waals surface area (Å²) in [5.41, 5.74) is -1.20. The van der Waals surface area contributed by atoms with Gasteiger partial charge < -0.3 is 20.2 Å². The van der Waals surface area contributed by atoms with Crippen LogP contribution in [-0.4, -0.2) is 65.2 Å². The summed E-state index contributed by atoms with van der Waals surface area (Å²) in [4.78, 5) is 27.2. The number of urea groups is 1. The Labute approximate surface area is 127 Å². The highest BCUT2D eigenvalue weighted by molar-refractivity contribution is 5.85. The van der Waals surface area contributed by atoms with Gasteiger partial charge in [-0.1, -0.05) is 6.92 Å². The Morgan fingerprint density at radius 1 is 1.33 bits per heavy atom. The van der Waals surface area contributed by atoms with Crippen LogP contribution in [0.25, 0.3) is 0 Å². The number of likely N-dealkylation sites (N-methyl/N-ethyl adjacent to an activating group) is 1. The minimum Gasteiger partial charge on any atom is -0.480 e. The summed E-state index contributed by atoms with van der Waals surface area (Å²) < 4.78 is 0. The standard InChI is InChI=1S/C15H29N3O3/c1-5-18(15(3,4)13(19)20)14(21)16-10-12(2)11-17-8-6-7-9-17/h12H,5-11H2,1-4H3,(H,16,21)(H,19,20). The second-order valence-corrected chi connectivity index (χ2v) is 6.41. The molecule has 0 aromatic carbocycles. The summed E-state index contributed by atoms with van der Waals surface area (Å²) in [6.07, 6.45) is 2.52. The normalized spacial score (nSPS) is 17.5. The highest BCUT2D eigenvalue weighted by Gasteiger charge is 2.36. The monoisotopic (exact) mass is 299 g/mol. The number of carboxylic acid groups (broad SMARTS) is 1. The van der Waals surface area contributed by atoms with E-state index < -0.39 is 11.5 Å². The van der Waals surface area contributed by atoms with E-state index in [4.69, 9.17) is 0 Å². The summed E-state index contributed by atoms with van der Waals surface area (Å²) in [5.74, 6) is -0.636. The molecule has 0 aliphatic carbocycles. The van der Waals surface area contributed by atoms with Crippen molar-refractivity contribution < 1.29 is 14.7 Å². The van der Waals surface area contributed by atoms with E-state index in [1.165, 1.54) is 17.7 Å².